The molecule has 0 bridgehead atoms. The molecule has 0 aromatic heterocycles. The van der Waals surface area contributed by atoms with Crippen LogP contribution in [0.3, 0.4) is 0 Å². The molecule has 0 aliphatic carbocycles. The number of nitrogens with one attached hydrogen (secondary N) is 1. The van der Waals surface area contributed by atoms with Gasteiger partial charge >= 0.3 is 7.48 Å². The quantitative estimate of drug-likeness (QED) is 0.423. The molecule has 2 atom stereocenters. The van der Waals surface area contributed by atoms with E-state index in [9.17, 15) is 5.11 Å². The van der Waals surface area contributed by atoms with E-state index in [4.69, 9.17) is 4.65 Å². The lowest BCUT2D eigenvalue weighted by Crippen LogP contribution is -2.50. The molecule has 0 spiro atoms. The lowest BCUT2D eigenvalue weighted by atomic mass is 9.62. The molecule has 24 heavy (non-hydrogen) atoms. The molecule has 1 unspecified atom stereocenters. The maximum absolute atomic E-state index is 10.4. The zero-order valence-corrected chi connectivity index (χ0v) is 17.1. The maximum Gasteiger partial charge on any atom is 0.303 e. The van der Waals surface area contributed by atoms with Gasteiger partial charge in [-0.2, -0.15) is 0 Å². The molecule has 0 rings (SSSR count). The fraction of sp³-hybridized carbons (Fsp3) is 0.789. The maximum atomic E-state index is 10.4. The van der Waals surface area contributed by atoms with Crippen molar-refractivity contribution in [1.82, 2.24) is 10.2 Å². The van der Waals surface area contributed by atoms with Crippen molar-refractivity contribution >= 4 is 7.48 Å². The average Bonchev–Trinajstić information content (AvgIpc) is 2.49. The molecule has 1 radical (unpaired) electrons. The van der Waals surface area contributed by atoms with Crippen molar-refractivity contribution < 1.29 is 9.76 Å². The van der Waals surface area contributed by atoms with Crippen LogP contribution in [-0.2, 0) is 4.65 Å². The highest BCUT2D eigenvalue weighted by Gasteiger charge is 2.40. The summed E-state index contributed by atoms with van der Waals surface area (Å²) in [5.74, 6) is 0. The third-order valence-corrected chi connectivity index (χ3v) is 4.90. The van der Waals surface area contributed by atoms with E-state index < -0.39 is 11.2 Å². The predicted molar refractivity (Wildman–Crippen MR) is 105 cm³/mol. The van der Waals surface area contributed by atoms with Gasteiger partial charge in [0.25, 0.3) is 0 Å². The Bertz CT molecular complexity index is 418. The van der Waals surface area contributed by atoms with Gasteiger partial charge in [-0.05, 0) is 52.7 Å². The number of hydrogen-bond donors (Lipinski definition) is 2. The Hall–Kier alpha value is -0.775. The molecule has 0 heterocycles. The summed E-state index contributed by atoms with van der Waals surface area (Å²) in [4.78, 5) is 2.13. The lowest BCUT2D eigenvalue weighted by Gasteiger charge is -2.42. The van der Waals surface area contributed by atoms with Crippen LogP contribution in [0.15, 0.2) is 24.4 Å². The van der Waals surface area contributed by atoms with Crippen LogP contribution in [0.1, 0.15) is 54.4 Å². The number of allylic oxidation sites excluding steroid dienone is 2. The van der Waals surface area contributed by atoms with Crippen molar-refractivity contribution in [3.63, 3.8) is 0 Å². The molecule has 0 amide bonds. The van der Waals surface area contributed by atoms with Gasteiger partial charge in [0, 0.05) is 18.8 Å². The number of hydrogen-bond acceptors (Lipinski definition) is 4. The standard InChI is InChI=1S/C19H38BN2O2/c1-10-18(6,13-12-16(3)21-14-15-22(8)9)20-24-19(7,11-2)17(4,5)23/h12-13,21,23H,3,10-11,14-15H2,1-2,4-9H3/b13-12-/t18-,19?/m1/s1. The van der Waals surface area contributed by atoms with Crippen LogP contribution < -0.4 is 5.32 Å². The molecule has 5 heteroatoms. The van der Waals surface area contributed by atoms with Crippen molar-refractivity contribution in [3.8, 4) is 0 Å². The van der Waals surface area contributed by atoms with Gasteiger partial charge < -0.3 is 20.0 Å². The SMILES string of the molecule is C=C(/C=C\[C@](C)([B]OC(C)(CC)C(C)(C)O)CC)NCCN(C)C. The second-order valence-corrected chi connectivity index (χ2v) is 7.83. The van der Waals surface area contributed by atoms with E-state index in [1.54, 1.807) is 13.8 Å². The average molecular weight is 337 g/mol. The molecular formula is C19H38BN2O2. The second kappa shape index (κ2) is 9.64. The van der Waals surface area contributed by atoms with Crippen molar-refractivity contribution in [2.75, 3.05) is 27.2 Å². The highest BCUT2D eigenvalue weighted by atomic mass is 16.5. The first-order valence-corrected chi connectivity index (χ1v) is 8.90. The highest BCUT2D eigenvalue weighted by Crippen LogP contribution is 2.36. The van der Waals surface area contributed by atoms with E-state index in [0.29, 0.717) is 0 Å². The van der Waals surface area contributed by atoms with E-state index in [1.807, 2.05) is 41.5 Å². The minimum Gasteiger partial charge on any atom is -0.432 e. The van der Waals surface area contributed by atoms with E-state index in [0.717, 1.165) is 31.6 Å². The molecule has 2 N–H and O–H groups in total. The van der Waals surface area contributed by atoms with Gasteiger partial charge in [0.1, 0.15) is 0 Å². The van der Waals surface area contributed by atoms with E-state index in [2.05, 4.69) is 36.7 Å². The summed E-state index contributed by atoms with van der Waals surface area (Å²) in [6.45, 7) is 17.7. The Morgan fingerprint density at radius 1 is 1.21 bits per heavy atom. The van der Waals surface area contributed by atoms with Crippen molar-refractivity contribution in [2.45, 2.75) is 70.9 Å². The van der Waals surface area contributed by atoms with Gasteiger partial charge in [-0.3, -0.25) is 0 Å². The topological polar surface area (TPSA) is 44.7 Å². The summed E-state index contributed by atoms with van der Waals surface area (Å²) in [5, 5.41) is 13.5. The fourth-order valence-corrected chi connectivity index (χ4v) is 1.96. The first kappa shape index (κ1) is 23.2. The molecule has 0 fully saturated rings. The van der Waals surface area contributed by atoms with Crippen LogP contribution in [0, 0.1) is 0 Å². The smallest absolute Gasteiger partial charge is 0.303 e. The molecule has 0 aliphatic rings. The van der Waals surface area contributed by atoms with Crippen LogP contribution in [-0.4, -0.2) is 55.9 Å². The monoisotopic (exact) mass is 337 g/mol. The van der Waals surface area contributed by atoms with Crippen LogP contribution in [0.4, 0.5) is 0 Å². The fourth-order valence-electron chi connectivity index (χ4n) is 1.96. The van der Waals surface area contributed by atoms with Crippen LogP contribution in [0.2, 0.25) is 5.31 Å². The first-order valence-electron chi connectivity index (χ1n) is 8.90. The Morgan fingerprint density at radius 3 is 2.21 bits per heavy atom. The summed E-state index contributed by atoms with van der Waals surface area (Å²) in [5.41, 5.74) is -0.628. The van der Waals surface area contributed by atoms with Gasteiger partial charge in [0.2, 0.25) is 0 Å². The Kier molecular flexibility index (Phi) is 9.33. The van der Waals surface area contributed by atoms with Crippen LogP contribution in [0.25, 0.3) is 0 Å². The third kappa shape index (κ3) is 7.86. The van der Waals surface area contributed by atoms with Gasteiger partial charge in [0.05, 0.1) is 11.2 Å². The van der Waals surface area contributed by atoms with Gasteiger partial charge in [-0.25, -0.2) is 0 Å². The van der Waals surface area contributed by atoms with E-state index in [-0.39, 0.29) is 5.31 Å². The molecule has 0 saturated heterocycles. The molecule has 4 nitrogen and oxygen atoms in total. The van der Waals surface area contributed by atoms with Crippen LogP contribution in [0.5, 0.6) is 0 Å². The number of aliphatic hydroxyl groups is 1. The lowest BCUT2D eigenvalue weighted by molar-refractivity contribution is -0.105. The minimum absolute atomic E-state index is 0.214. The Labute approximate surface area is 150 Å². The molecule has 139 valence electrons. The highest BCUT2D eigenvalue weighted by molar-refractivity contribution is 6.33. The number of rotatable bonds is 12. The van der Waals surface area contributed by atoms with E-state index in [1.165, 1.54) is 0 Å². The third-order valence-electron chi connectivity index (χ3n) is 4.90. The molecule has 0 aromatic carbocycles. The first-order chi connectivity index (χ1) is 10.9. The number of likely N-dealkylation sites (N-methyl/N-ethyl adjacent to an activating group) is 1. The zero-order chi connectivity index (χ0) is 19.0. The largest absolute Gasteiger partial charge is 0.432 e. The molecule has 0 aliphatic heterocycles. The molecular weight excluding hydrogens is 299 g/mol. The van der Waals surface area contributed by atoms with Gasteiger partial charge in [-0.1, -0.05) is 39.8 Å². The normalized spacial score (nSPS) is 17.6. The number of nitrogens with zero attached hydrogens (tertiary/aromatic N) is 1. The molecule has 0 aromatic rings. The predicted octanol–water partition coefficient (Wildman–Crippen LogP) is 3.37. The summed E-state index contributed by atoms with van der Waals surface area (Å²) in [7, 11) is 5.96. The summed E-state index contributed by atoms with van der Waals surface area (Å²) in [6.07, 6.45) is 5.75. The van der Waals surface area contributed by atoms with Crippen molar-refractivity contribution in [2.24, 2.45) is 0 Å². The summed E-state index contributed by atoms with van der Waals surface area (Å²) < 4.78 is 6.06. The second-order valence-electron chi connectivity index (χ2n) is 7.83. The Morgan fingerprint density at radius 2 is 1.79 bits per heavy atom. The summed E-state index contributed by atoms with van der Waals surface area (Å²) >= 11 is 0. The van der Waals surface area contributed by atoms with Gasteiger partial charge in [0.15, 0.2) is 0 Å². The Balaban J connectivity index is 4.73. The minimum atomic E-state index is -0.909. The van der Waals surface area contributed by atoms with Crippen LogP contribution >= 0.6 is 0 Å². The molecule has 0 saturated carbocycles. The van der Waals surface area contributed by atoms with Crippen molar-refractivity contribution in [1.29, 1.82) is 0 Å². The van der Waals surface area contributed by atoms with Gasteiger partial charge in [-0.15, -0.1) is 0 Å². The zero-order valence-electron chi connectivity index (χ0n) is 17.1. The van der Waals surface area contributed by atoms with Crippen molar-refractivity contribution in [3.05, 3.63) is 24.4 Å². The van der Waals surface area contributed by atoms with E-state index >= 15 is 0 Å². The summed E-state index contributed by atoms with van der Waals surface area (Å²) in [6, 6.07) is 0.